The zero-order valence-electron chi connectivity index (χ0n) is 14.6. The maximum Gasteiger partial charge on any atom is 0.496 e. The highest BCUT2D eigenvalue weighted by Gasteiger charge is 2.53. The van der Waals surface area contributed by atoms with E-state index in [2.05, 4.69) is 8.75 Å². The van der Waals surface area contributed by atoms with Crippen molar-refractivity contribution in [2.24, 2.45) is 0 Å². The maximum absolute atomic E-state index is 14.0. The third-order valence-corrected chi connectivity index (χ3v) is 5.01. The number of aromatic nitrogens is 2. The van der Waals surface area contributed by atoms with Crippen LogP contribution in [0.1, 0.15) is 24.0 Å². The summed E-state index contributed by atoms with van der Waals surface area (Å²) in [6, 6.07) is 0. The Kier molecular flexibility index (Phi) is 5.53. The van der Waals surface area contributed by atoms with Gasteiger partial charge in [-0.25, -0.2) is 0 Å². The molecular formula is C14H12B2F6N2O4S. The molecule has 156 valence electrons. The molecule has 15 heteroatoms. The third-order valence-electron chi connectivity index (χ3n) is 4.48. The molecule has 0 radical (unpaired) electrons. The minimum Gasteiger partial charge on any atom is -0.407 e. The molecule has 0 amide bonds. The minimum atomic E-state index is -5.37. The fourth-order valence-electron chi connectivity index (χ4n) is 3.40. The molecule has 0 aliphatic carbocycles. The Morgan fingerprint density at radius 2 is 1.00 bits per heavy atom. The number of halogens is 6. The molecule has 6 nitrogen and oxygen atoms in total. The van der Waals surface area contributed by atoms with Gasteiger partial charge >= 0.3 is 26.6 Å². The van der Waals surface area contributed by atoms with Crippen LogP contribution in [0.2, 0.25) is 0 Å². The predicted octanol–water partition coefficient (Wildman–Crippen LogP) is 1.99. The van der Waals surface area contributed by atoms with Crippen molar-refractivity contribution < 1.29 is 45.0 Å². The summed E-state index contributed by atoms with van der Waals surface area (Å²) in [4.78, 5) is 0. The van der Waals surface area contributed by atoms with Gasteiger partial charge in [-0.1, -0.05) is 0 Å². The SMILES string of the molecule is FC(F)(F)c1c(C(F)(F)F)c(B2OCCCO2)c2nsnc2c1B1OCCCO1. The Morgan fingerprint density at radius 3 is 1.31 bits per heavy atom. The van der Waals surface area contributed by atoms with Crippen LogP contribution < -0.4 is 10.9 Å². The number of nitrogens with zero attached hydrogens (tertiary/aromatic N) is 2. The largest absolute Gasteiger partial charge is 0.496 e. The fourth-order valence-corrected chi connectivity index (χ4v) is 3.98. The molecule has 3 heterocycles. The van der Waals surface area contributed by atoms with Gasteiger partial charge in [-0.05, 0) is 12.8 Å². The van der Waals surface area contributed by atoms with Gasteiger partial charge in [0.2, 0.25) is 0 Å². The second-order valence-electron chi connectivity index (χ2n) is 6.39. The lowest BCUT2D eigenvalue weighted by Gasteiger charge is -2.29. The van der Waals surface area contributed by atoms with E-state index in [9.17, 15) is 26.3 Å². The molecule has 1 aromatic heterocycles. The van der Waals surface area contributed by atoms with Crippen LogP contribution in [-0.2, 0) is 31.0 Å². The van der Waals surface area contributed by atoms with Crippen molar-refractivity contribution in [1.29, 1.82) is 0 Å². The summed E-state index contributed by atoms with van der Waals surface area (Å²) in [5.74, 6) is 0. The highest BCUT2D eigenvalue weighted by molar-refractivity contribution is 7.00. The van der Waals surface area contributed by atoms with E-state index in [1.807, 2.05) is 0 Å². The highest BCUT2D eigenvalue weighted by Crippen LogP contribution is 2.41. The van der Waals surface area contributed by atoms with Crippen LogP contribution in [0.4, 0.5) is 26.3 Å². The molecule has 4 rings (SSSR count). The topological polar surface area (TPSA) is 62.7 Å². The van der Waals surface area contributed by atoms with Gasteiger partial charge in [-0.15, -0.1) is 0 Å². The first kappa shape index (κ1) is 20.8. The molecule has 0 spiro atoms. The van der Waals surface area contributed by atoms with Gasteiger partial charge < -0.3 is 18.6 Å². The van der Waals surface area contributed by atoms with Crippen LogP contribution in [0.3, 0.4) is 0 Å². The van der Waals surface area contributed by atoms with E-state index >= 15 is 0 Å². The molecule has 2 fully saturated rings. The Balaban J connectivity index is 2.08. The van der Waals surface area contributed by atoms with Gasteiger partial charge in [0.15, 0.2) is 0 Å². The molecule has 29 heavy (non-hydrogen) atoms. The lowest BCUT2D eigenvalue weighted by molar-refractivity contribution is -0.160. The van der Waals surface area contributed by atoms with Crippen LogP contribution in [0, 0.1) is 0 Å². The van der Waals surface area contributed by atoms with Crippen molar-refractivity contribution in [3.8, 4) is 0 Å². The van der Waals surface area contributed by atoms with Crippen LogP contribution >= 0.6 is 11.7 Å². The normalized spacial score (nSPS) is 19.2. The van der Waals surface area contributed by atoms with Gasteiger partial charge in [-0.2, -0.15) is 35.1 Å². The number of rotatable bonds is 2. The van der Waals surface area contributed by atoms with Gasteiger partial charge in [-0.3, -0.25) is 0 Å². The number of hydrogen-bond acceptors (Lipinski definition) is 7. The van der Waals surface area contributed by atoms with Crippen LogP contribution in [-0.4, -0.2) is 49.4 Å². The van der Waals surface area contributed by atoms with Crippen LogP contribution in [0.5, 0.6) is 0 Å². The molecule has 0 atom stereocenters. The first-order chi connectivity index (χ1) is 13.7. The van der Waals surface area contributed by atoms with Gasteiger partial charge in [0, 0.05) is 37.4 Å². The molecule has 2 aliphatic heterocycles. The molecule has 0 unspecified atom stereocenters. The van der Waals surface area contributed by atoms with Crippen molar-refractivity contribution in [1.82, 2.24) is 8.75 Å². The zero-order valence-corrected chi connectivity index (χ0v) is 15.4. The standard InChI is InChI=1S/C14H12B2F6N2O4S/c17-13(18,19)7-8(14(20,21)22)10(16-27-5-2-6-28-16)12-11(23-29-24-12)9(7)15-25-3-1-4-26-15/h1-6H2. The second kappa shape index (κ2) is 7.69. The lowest BCUT2D eigenvalue weighted by Crippen LogP contribution is -2.51. The lowest BCUT2D eigenvalue weighted by atomic mass is 9.66. The van der Waals surface area contributed by atoms with E-state index in [4.69, 9.17) is 18.6 Å². The summed E-state index contributed by atoms with van der Waals surface area (Å²) in [5.41, 5.74) is -6.21. The first-order valence-electron chi connectivity index (χ1n) is 8.62. The summed E-state index contributed by atoms with van der Waals surface area (Å²) >= 11 is 0.491. The summed E-state index contributed by atoms with van der Waals surface area (Å²) in [7, 11) is -3.29. The number of alkyl halides is 6. The van der Waals surface area contributed by atoms with E-state index in [-0.39, 0.29) is 37.5 Å². The monoisotopic (exact) mass is 440 g/mol. The van der Waals surface area contributed by atoms with E-state index in [1.54, 1.807) is 0 Å². The van der Waals surface area contributed by atoms with E-state index in [1.165, 1.54) is 0 Å². The fraction of sp³-hybridized carbons (Fsp3) is 0.571. The molecule has 2 saturated heterocycles. The second-order valence-corrected chi connectivity index (χ2v) is 6.92. The van der Waals surface area contributed by atoms with Crippen molar-refractivity contribution in [3.05, 3.63) is 11.1 Å². The van der Waals surface area contributed by atoms with Crippen LogP contribution in [0.15, 0.2) is 0 Å². The summed E-state index contributed by atoms with van der Waals surface area (Å²) < 4.78 is 113. The molecule has 1 aromatic carbocycles. The summed E-state index contributed by atoms with van der Waals surface area (Å²) in [6.07, 6.45) is -9.92. The minimum absolute atomic E-state index is 0.0406. The number of benzene rings is 1. The first-order valence-corrected chi connectivity index (χ1v) is 9.35. The Morgan fingerprint density at radius 1 is 0.655 bits per heavy atom. The third kappa shape index (κ3) is 3.85. The summed E-state index contributed by atoms with van der Waals surface area (Å²) in [5, 5.41) is 0. The molecule has 0 bridgehead atoms. The Hall–Kier alpha value is -1.41. The van der Waals surface area contributed by atoms with Gasteiger partial charge in [0.25, 0.3) is 0 Å². The summed E-state index contributed by atoms with van der Waals surface area (Å²) in [6.45, 7) is 0.163. The van der Waals surface area contributed by atoms with E-state index in [0.29, 0.717) is 24.6 Å². The van der Waals surface area contributed by atoms with Crippen LogP contribution in [0.25, 0.3) is 11.0 Å². The number of fused-ring (bicyclic) bond motifs is 1. The van der Waals surface area contributed by atoms with Gasteiger partial charge in [0.1, 0.15) is 11.0 Å². The molecule has 0 saturated carbocycles. The number of hydrogen-bond donors (Lipinski definition) is 0. The quantitative estimate of drug-likeness (QED) is 0.527. The highest BCUT2D eigenvalue weighted by atomic mass is 32.1. The zero-order chi connectivity index (χ0) is 20.8. The average molecular weight is 440 g/mol. The van der Waals surface area contributed by atoms with Crippen molar-refractivity contribution in [3.63, 3.8) is 0 Å². The molecule has 2 aromatic rings. The van der Waals surface area contributed by atoms with Gasteiger partial charge in [0.05, 0.1) is 22.9 Å². The van der Waals surface area contributed by atoms with Crippen molar-refractivity contribution in [2.45, 2.75) is 25.2 Å². The average Bonchev–Trinajstić information content (AvgIpc) is 3.15. The smallest absolute Gasteiger partial charge is 0.407 e. The van der Waals surface area contributed by atoms with E-state index < -0.39 is 48.6 Å². The van der Waals surface area contributed by atoms with E-state index in [0.717, 1.165) is 0 Å². The predicted molar refractivity (Wildman–Crippen MR) is 91.2 cm³/mol. The maximum atomic E-state index is 14.0. The Labute approximate surface area is 165 Å². The molecular weight excluding hydrogens is 428 g/mol. The molecule has 0 N–H and O–H groups in total. The van der Waals surface area contributed by atoms with Crippen molar-refractivity contribution >= 4 is 47.9 Å². The molecule has 2 aliphatic rings. The Bertz CT molecular complexity index is 827. The van der Waals surface area contributed by atoms with Crippen molar-refractivity contribution in [2.75, 3.05) is 26.4 Å².